The van der Waals surface area contributed by atoms with Crippen molar-refractivity contribution in [2.75, 3.05) is 38.5 Å². The van der Waals surface area contributed by atoms with Crippen LogP contribution < -0.4 is 5.32 Å². The summed E-state index contributed by atoms with van der Waals surface area (Å²) in [7, 11) is 2.02. The lowest BCUT2D eigenvalue weighted by molar-refractivity contribution is 0.0664. The molecule has 136 valence electrons. The summed E-state index contributed by atoms with van der Waals surface area (Å²) in [6.45, 7) is 2.98. The maximum absolute atomic E-state index is 12.7. The lowest BCUT2D eigenvalue weighted by Crippen LogP contribution is -2.47. The normalized spacial score (nSPS) is 15.0. The molecule has 0 unspecified atom stereocenters. The number of rotatable bonds is 3. The number of carbonyl (C=O) groups is 2. The third kappa shape index (κ3) is 4.15. The molecule has 1 aliphatic rings. The Balaban J connectivity index is 1.76. The smallest absolute Gasteiger partial charge is 0.274 e. The fraction of sp³-hybridized carbons (Fsp3) is 0.278. The Bertz CT molecular complexity index is 815. The van der Waals surface area contributed by atoms with E-state index in [0.29, 0.717) is 34.4 Å². The van der Waals surface area contributed by atoms with Gasteiger partial charge in [-0.25, -0.2) is 0 Å². The number of amides is 2. The van der Waals surface area contributed by atoms with Crippen LogP contribution in [0, 0.1) is 0 Å². The average Bonchev–Trinajstić information content (AvgIpc) is 2.65. The Morgan fingerprint density at radius 1 is 1.08 bits per heavy atom. The number of anilines is 1. The highest BCUT2D eigenvalue weighted by atomic mass is 35.5. The van der Waals surface area contributed by atoms with Crippen LogP contribution in [0.1, 0.15) is 20.8 Å². The molecule has 2 aromatic rings. The predicted molar refractivity (Wildman–Crippen MR) is 102 cm³/mol. The van der Waals surface area contributed by atoms with Crippen molar-refractivity contribution in [1.82, 2.24) is 14.8 Å². The number of nitrogens with zero attached hydrogens (tertiary/aromatic N) is 3. The summed E-state index contributed by atoms with van der Waals surface area (Å²) in [5, 5.41) is 3.31. The summed E-state index contributed by atoms with van der Waals surface area (Å²) < 4.78 is 0. The number of pyridine rings is 1. The highest BCUT2D eigenvalue weighted by Gasteiger charge is 2.21. The molecule has 0 spiro atoms. The van der Waals surface area contributed by atoms with Crippen LogP contribution in [0.3, 0.4) is 0 Å². The summed E-state index contributed by atoms with van der Waals surface area (Å²) in [4.78, 5) is 33.1. The average molecular weight is 393 g/mol. The van der Waals surface area contributed by atoms with Crippen LogP contribution in [-0.4, -0.2) is 59.8 Å². The van der Waals surface area contributed by atoms with Crippen LogP contribution in [0.5, 0.6) is 0 Å². The van der Waals surface area contributed by atoms with E-state index in [1.165, 1.54) is 12.3 Å². The Hall–Kier alpha value is -2.15. The van der Waals surface area contributed by atoms with Gasteiger partial charge in [0.2, 0.25) is 0 Å². The molecule has 0 radical (unpaired) electrons. The van der Waals surface area contributed by atoms with E-state index in [2.05, 4.69) is 15.2 Å². The Labute approximate surface area is 161 Å². The van der Waals surface area contributed by atoms with Gasteiger partial charge < -0.3 is 15.1 Å². The summed E-state index contributed by atoms with van der Waals surface area (Å²) in [6.07, 6.45) is 1.45. The molecular formula is C18H18Cl2N4O2. The SMILES string of the molecule is CN1CCN(C(=O)c2ccnc(C(=O)Nc3c(Cl)cccc3Cl)c2)CC1. The molecule has 0 atom stereocenters. The number of piperazine rings is 1. The Morgan fingerprint density at radius 3 is 2.38 bits per heavy atom. The van der Waals surface area contributed by atoms with Crippen molar-refractivity contribution >= 4 is 40.7 Å². The molecule has 1 aromatic heterocycles. The molecule has 0 bridgehead atoms. The largest absolute Gasteiger partial charge is 0.336 e. The number of hydrogen-bond acceptors (Lipinski definition) is 4. The zero-order valence-corrected chi connectivity index (χ0v) is 15.7. The van der Waals surface area contributed by atoms with Crippen molar-refractivity contribution in [3.8, 4) is 0 Å². The fourth-order valence-corrected chi connectivity index (χ4v) is 3.17. The Kier molecular flexibility index (Phi) is 5.76. The predicted octanol–water partition coefficient (Wildman–Crippen LogP) is 3.03. The number of benzene rings is 1. The molecule has 0 saturated carbocycles. The van der Waals surface area contributed by atoms with Crippen molar-refractivity contribution in [1.29, 1.82) is 0 Å². The summed E-state index contributed by atoms with van der Waals surface area (Å²) in [6, 6.07) is 8.04. The van der Waals surface area contributed by atoms with Gasteiger partial charge in [0.05, 0.1) is 15.7 Å². The highest BCUT2D eigenvalue weighted by molar-refractivity contribution is 6.40. The van der Waals surface area contributed by atoms with Crippen molar-refractivity contribution < 1.29 is 9.59 Å². The summed E-state index contributed by atoms with van der Waals surface area (Å²) in [5.41, 5.74) is 0.874. The first-order valence-corrected chi connectivity index (χ1v) is 8.90. The van der Waals surface area contributed by atoms with E-state index in [0.717, 1.165) is 13.1 Å². The van der Waals surface area contributed by atoms with Crippen LogP contribution in [0.15, 0.2) is 36.5 Å². The second-order valence-electron chi connectivity index (χ2n) is 6.08. The number of carbonyl (C=O) groups excluding carboxylic acids is 2. The Morgan fingerprint density at radius 2 is 1.73 bits per heavy atom. The van der Waals surface area contributed by atoms with E-state index in [-0.39, 0.29) is 11.6 Å². The fourth-order valence-electron chi connectivity index (χ4n) is 2.67. The van der Waals surface area contributed by atoms with Crippen molar-refractivity contribution in [3.63, 3.8) is 0 Å². The molecule has 3 rings (SSSR count). The van der Waals surface area contributed by atoms with Gasteiger partial charge in [-0.2, -0.15) is 0 Å². The van der Waals surface area contributed by atoms with E-state index in [9.17, 15) is 9.59 Å². The van der Waals surface area contributed by atoms with Crippen LogP contribution >= 0.6 is 23.2 Å². The van der Waals surface area contributed by atoms with E-state index < -0.39 is 5.91 Å². The molecule has 6 nitrogen and oxygen atoms in total. The minimum absolute atomic E-state index is 0.106. The van der Waals surface area contributed by atoms with Crippen LogP contribution in [0.25, 0.3) is 0 Å². The lowest BCUT2D eigenvalue weighted by atomic mass is 10.1. The summed E-state index contributed by atoms with van der Waals surface area (Å²) >= 11 is 12.1. The maximum Gasteiger partial charge on any atom is 0.274 e. The van der Waals surface area contributed by atoms with Gasteiger partial charge in [0.1, 0.15) is 5.69 Å². The number of para-hydroxylation sites is 1. The minimum atomic E-state index is -0.479. The molecule has 2 heterocycles. The second-order valence-corrected chi connectivity index (χ2v) is 6.89. The summed E-state index contributed by atoms with van der Waals surface area (Å²) in [5.74, 6) is -0.585. The number of likely N-dealkylation sites (N-methyl/N-ethyl adjacent to an activating group) is 1. The van der Waals surface area contributed by atoms with Crippen molar-refractivity contribution in [2.45, 2.75) is 0 Å². The molecule has 1 aliphatic heterocycles. The third-order valence-corrected chi connectivity index (χ3v) is 4.86. The van der Waals surface area contributed by atoms with E-state index in [1.807, 2.05) is 7.05 Å². The minimum Gasteiger partial charge on any atom is -0.336 e. The first-order chi connectivity index (χ1) is 12.5. The molecule has 1 N–H and O–H groups in total. The topological polar surface area (TPSA) is 65.5 Å². The first kappa shape index (κ1) is 18.6. The zero-order chi connectivity index (χ0) is 18.7. The standard InChI is InChI=1S/C18H18Cl2N4O2/c1-23-7-9-24(10-8-23)18(26)12-5-6-21-15(11-12)17(25)22-16-13(19)3-2-4-14(16)20/h2-6,11H,7-10H2,1H3,(H,22,25). The van der Waals surface area contributed by atoms with Crippen LogP contribution in [0.2, 0.25) is 10.0 Å². The van der Waals surface area contributed by atoms with Crippen LogP contribution in [-0.2, 0) is 0 Å². The number of halogens is 2. The van der Waals surface area contributed by atoms with Gasteiger partial charge in [0.15, 0.2) is 0 Å². The van der Waals surface area contributed by atoms with Gasteiger partial charge in [-0.15, -0.1) is 0 Å². The maximum atomic E-state index is 12.7. The molecular weight excluding hydrogens is 375 g/mol. The molecule has 1 fully saturated rings. The number of nitrogens with one attached hydrogen (secondary N) is 1. The van der Waals surface area contributed by atoms with Gasteiger partial charge in [-0.05, 0) is 31.3 Å². The third-order valence-electron chi connectivity index (χ3n) is 4.23. The van der Waals surface area contributed by atoms with Gasteiger partial charge in [-0.3, -0.25) is 14.6 Å². The van der Waals surface area contributed by atoms with Crippen molar-refractivity contribution in [3.05, 3.63) is 57.8 Å². The van der Waals surface area contributed by atoms with Gasteiger partial charge >= 0.3 is 0 Å². The molecule has 1 aromatic carbocycles. The van der Waals surface area contributed by atoms with E-state index >= 15 is 0 Å². The first-order valence-electron chi connectivity index (χ1n) is 8.15. The zero-order valence-electron chi connectivity index (χ0n) is 14.2. The van der Waals surface area contributed by atoms with Gasteiger partial charge in [-0.1, -0.05) is 29.3 Å². The number of hydrogen-bond donors (Lipinski definition) is 1. The molecule has 8 heteroatoms. The van der Waals surface area contributed by atoms with E-state index in [4.69, 9.17) is 23.2 Å². The molecule has 26 heavy (non-hydrogen) atoms. The van der Waals surface area contributed by atoms with Gasteiger partial charge in [0, 0.05) is 37.9 Å². The molecule has 1 saturated heterocycles. The van der Waals surface area contributed by atoms with E-state index in [1.54, 1.807) is 29.2 Å². The highest BCUT2D eigenvalue weighted by Crippen LogP contribution is 2.30. The molecule has 0 aliphatic carbocycles. The van der Waals surface area contributed by atoms with Gasteiger partial charge in [0.25, 0.3) is 11.8 Å². The number of aromatic nitrogens is 1. The lowest BCUT2D eigenvalue weighted by Gasteiger charge is -2.32. The quantitative estimate of drug-likeness (QED) is 0.871. The second kappa shape index (κ2) is 8.03. The van der Waals surface area contributed by atoms with Crippen LogP contribution in [0.4, 0.5) is 5.69 Å². The van der Waals surface area contributed by atoms with Crippen molar-refractivity contribution in [2.24, 2.45) is 0 Å². The molecule has 2 amide bonds. The monoisotopic (exact) mass is 392 g/mol.